The topological polar surface area (TPSA) is 149 Å². The first-order valence-corrected chi connectivity index (χ1v) is 15.4. The van der Waals surface area contributed by atoms with Crippen molar-refractivity contribution in [3.05, 3.63) is 70.3 Å². The van der Waals surface area contributed by atoms with E-state index in [9.17, 15) is 30.0 Å². The molecule has 10 nitrogen and oxygen atoms in total. The first-order chi connectivity index (χ1) is 20.7. The molecule has 44 heavy (non-hydrogen) atoms. The van der Waals surface area contributed by atoms with Crippen LogP contribution in [-0.2, 0) is 37.7 Å². The number of aliphatic hydroxyl groups excluding tert-OH is 3. The number of fused-ring (bicyclic) bond motifs is 2. The zero-order valence-corrected chi connectivity index (χ0v) is 26.5. The number of carbonyl (C=O) groups is 2. The van der Waals surface area contributed by atoms with Gasteiger partial charge >= 0.3 is 0 Å². The Labute approximate surface area is 260 Å². The minimum atomic E-state index is -1.74. The number of aryl methyl sites for hydroxylation is 2. The van der Waals surface area contributed by atoms with Gasteiger partial charge in [-0.2, -0.15) is 0 Å². The summed E-state index contributed by atoms with van der Waals surface area (Å²) >= 11 is 0. The minimum absolute atomic E-state index is 0.0898. The number of ketones is 1. The van der Waals surface area contributed by atoms with Crippen LogP contribution in [0.5, 0.6) is 0 Å². The van der Waals surface area contributed by atoms with Crippen LogP contribution in [0.4, 0.5) is 0 Å². The Morgan fingerprint density at radius 3 is 2.34 bits per heavy atom. The first kappa shape index (κ1) is 34.2. The smallest absolute Gasteiger partial charge is 0.225 e. The Balaban J connectivity index is 1.34. The normalized spacial score (nSPS) is 26.6. The van der Waals surface area contributed by atoms with Crippen molar-refractivity contribution in [2.24, 2.45) is 0 Å². The number of likely N-dealkylation sites (N-methyl/N-ethyl adjacent to an activating group) is 1. The van der Waals surface area contributed by atoms with Crippen LogP contribution in [0.15, 0.2) is 42.5 Å². The van der Waals surface area contributed by atoms with E-state index in [1.807, 2.05) is 38.1 Å². The number of nitrogens with one attached hydrogen (secondary N) is 1. The van der Waals surface area contributed by atoms with Gasteiger partial charge in [0.2, 0.25) is 11.7 Å². The largest absolute Gasteiger partial charge is 0.387 e. The number of rotatable bonds is 14. The third-order valence-corrected chi connectivity index (χ3v) is 8.99. The molecule has 10 heteroatoms. The molecule has 2 aliphatic heterocycles. The van der Waals surface area contributed by atoms with E-state index in [4.69, 9.17) is 9.47 Å². The molecule has 0 radical (unpaired) electrons. The summed E-state index contributed by atoms with van der Waals surface area (Å²) in [6, 6.07) is 13.8. The highest BCUT2D eigenvalue weighted by molar-refractivity contribution is 5.84. The minimum Gasteiger partial charge on any atom is -0.387 e. The second-order valence-corrected chi connectivity index (χ2v) is 13.1. The van der Waals surface area contributed by atoms with E-state index in [1.54, 1.807) is 6.07 Å². The Bertz CT molecular complexity index is 1310. The molecule has 242 valence electrons. The summed E-state index contributed by atoms with van der Waals surface area (Å²) in [4.78, 5) is 26.1. The van der Waals surface area contributed by atoms with E-state index in [0.29, 0.717) is 24.9 Å². The van der Waals surface area contributed by atoms with Crippen LogP contribution in [0.2, 0.25) is 0 Å². The third-order valence-electron chi connectivity index (χ3n) is 8.99. The van der Waals surface area contributed by atoms with Gasteiger partial charge in [0.15, 0.2) is 5.60 Å². The fourth-order valence-corrected chi connectivity index (χ4v) is 5.98. The Hall–Kier alpha value is -2.70. The molecule has 1 amide bonds. The molecule has 0 spiro atoms. The van der Waals surface area contributed by atoms with Crippen molar-refractivity contribution in [2.45, 2.75) is 94.6 Å². The lowest BCUT2D eigenvalue weighted by molar-refractivity contribution is -0.348. The molecule has 0 aliphatic carbocycles. The number of Topliss-reactive ketones (excluding diaryl/α,β-unsaturated/α-hetero) is 1. The highest BCUT2D eigenvalue weighted by Gasteiger charge is 2.71. The molecular formula is C34H48N2O8. The summed E-state index contributed by atoms with van der Waals surface area (Å²) in [6.07, 6.45) is -1.68. The summed E-state index contributed by atoms with van der Waals surface area (Å²) in [5.74, 6) is -1.73. The van der Waals surface area contributed by atoms with Gasteiger partial charge < -0.3 is 40.1 Å². The quantitative estimate of drug-likeness (QED) is 0.215. The molecule has 4 rings (SSSR count). The molecular weight excluding hydrogens is 564 g/mol. The maximum absolute atomic E-state index is 12.3. The van der Waals surface area contributed by atoms with Gasteiger partial charge in [-0.1, -0.05) is 36.4 Å². The summed E-state index contributed by atoms with van der Waals surface area (Å²) in [7, 11) is 3.88. The molecule has 2 saturated heterocycles. The van der Waals surface area contributed by atoms with Crippen LogP contribution in [0.3, 0.4) is 0 Å². The molecule has 0 unspecified atom stereocenters. The number of amides is 1. The Morgan fingerprint density at radius 1 is 1.00 bits per heavy atom. The second-order valence-electron chi connectivity index (χ2n) is 13.1. The van der Waals surface area contributed by atoms with Crippen molar-refractivity contribution < 1.29 is 39.5 Å². The number of ether oxygens (including phenoxy) is 2. The fourth-order valence-electron chi connectivity index (χ4n) is 5.98. The lowest BCUT2D eigenvalue weighted by atomic mass is 9.75. The maximum atomic E-state index is 12.3. The van der Waals surface area contributed by atoms with Crippen molar-refractivity contribution in [1.82, 2.24) is 10.2 Å². The van der Waals surface area contributed by atoms with Gasteiger partial charge in [-0.15, -0.1) is 0 Å². The van der Waals surface area contributed by atoms with Crippen molar-refractivity contribution in [3.63, 3.8) is 0 Å². The number of hydrogen-bond acceptors (Lipinski definition) is 9. The van der Waals surface area contributed by atoms with Crippen LogP contribution in [0.1, 0.15) is 67.3 Å². The van der Waals surface area contributed by atoms with Crippen LogP contribution >= 0.6 is 0 Å². The predicted molar refractivity (Wildman–Crippen MR) is 165 cm³/mol. The molecule has 0 aromatic heterocycles. The van der Waals surface area contributed by atoms with Crippen LogP contribution in [0.25, 0.3) is 0 Å². The maximum Gasteiger partial charge on any atom is 0.225 e. The van der Waals surface area contributed by atoms with Gasteiger partial charge in [-0.3, -0.25) is 9.59 Å². The SMILES string of the molecule is Cc1ccc([C@]23OC[C@](C(C)(C)O)(O2)[C@@H](O)[C@H](O)[C@H]3O)cc1Cc1ccc(CCCC(=O)CCC(=O)NCCN(C)C)cc1. The second kappa shape index (κ2) is 13.7. The highest BCUT2D eigenvalue weighted by atomic mass is 16.8. The zero-order valence-electron chi connectivity index (χ0n) is 26.5. The van der Waals surface area contributed by atoms with Crippen LogP contribution in [0, 0.1) is 6.92 Å². The van der Waals surface area contributed by atoms with E-state index in [1.165, 1.54) is 13.8 Å². The van der Waals surface area contributed by atoms with Gasteiger partial charge in [0.05, 0.1) is 12.2 Å². The van der Waals surface area contributed by atoms with Gasteiger partial charge in [0.25, 0.3) is 0 Å². The first-order valence-electron chi connectivity index (χ1n) is 15.4. The molecule has 5 atom stereocenters. The predicted octanol–water partition coefficient (Wildman–Crippen LogP) is 1.74. The van der Waals surface area contributed by atoms with Gasteiger partial charge in [0.1, 0.15) is 24.1 Å². The van der Waals surface area contributed by atoms with E-state index in [0.717, 1.165) is 41.6 Å². The number of aliphatic hydroxyl groups is 4. The summed E-state index contributed by atoms with van der Waals surface area (Å²) < 4.78 is 12.2. The van der Waals surface area contributed by atoms with E-state index in [-0.39, 0.29) is 31.1 Å². The molecule has 2 bridgehead atoms. The van der Waals surface area contributed by atoms with Crippen LogP contribution in [-0.4, -0.2) is 100 Å². The average molecular weight is 613 g/mol. The number of benzene rings is 2. The monoisotopic (exact) mass is 612 g/mol. The van der Waals surface area contributed by atoms with Crippen LogP contribution < -0.4 is 5.32 Å². The van der Waals surface area contributed by atoms with Crippen molar-refractivity contribution in [2.75, 3.05) is 33.8 Å². The lowest BCUT2D eigenvalue weighted by Gasteiger charge is -2.50. The molecule has 2 aromatic carbocycles. The Morgan fingerprint density at radius 2 is 1.68 bits per heavy atom. The summed E-state index contributed by atoms with van der Waals surface area (Å²) in [5.41, 5.74) is 1.52. The fraction of sp³-hybridized carbons (Fsp3) is 0.588. The number of carbonyl (C=O) groups excluding carboxylic acids is 2. The van der Waals surface area contributed by atoms with Crippen molar-refractivity contribution in [1.29, 1.82) is 0 Å². The third kappa shape index (κ3) is 7.23. The van der Waals surface area contributed by atoms with Crippen molar-refractivity contribution in [3.8, 4) is 0 Å². The molecule has 5 N–H and O–H groups in total. The molecule has 2 aromatic rings. The number of nitrogens with zero attached hydrogens (tertiary/aromatic N) is 1. The van der Waals surface area contributed by atoms with E-state index < -0.39 is 35.3 Å². The zero-order chi connectivity index (χ0) is 32.3. The van der Waals surface area contributed by atoms with E-state index in [2.05, 4.69) is 29.6 Å². The average Bonchev–Trinajstić information content (AvgIpc) is 3.37. The molecule has 2 fully saturated rings. The number of hydrogen-bond donors (Lipinski definition) is 5. The summed E-state index contributed by atoms with van der Waals surface area (Å²) in [6.45, 7) is 6.10. The van der Waals surface area contributed by atoms with Gasteiger partial charge in [0, 0.05) is 37.9 Å². The lowest BCUT2D eigenvalue weighted by Crippen LogP contribution is -2.70. The molecule has 2 aliphatic rings. The van der Waals surface area contributed by atoms with Gasteiger partial charge in [-0.25, -0.2) is 0 Å². The summed E-state index contributed by atoms with van der Waals surface area (Å²) in [5, 5.41) is 46.2. The van der Waals surface area contributed by atoms with E-state index >= 15 is 0 Å². The van der Waals surface area contributed by atoms with Gasteiger partial charge in [-0.05, 0) is 82.4 Å². The molecule has 0 saturated carbocycles. The Kier molecular flexibility index (Phi) is 10.7. The molecule has 2 heterocycles. The standard InChI is InChI=1S/C34H48N2O8/c1-22-9-14-26(34-31(41)29(39)30(40)33(44-34,21-43-34)32(2,3)42)20-25(22)19-24-12-10-23(11-13-24)7-6-8-27(37)15-16-28(38)35-17-18-36(4)5/h9-14,20,29-31,39-42H,6-8,15-19,21H2,1-5H3,(H,35,38)/t29-,30-,31+,33-,34-/m0/s1. The van der Waals surface area contributed by atoms with Crippen molar-refractivity contribution >= 4 is 11.7 Å². The highest BCUT2D eigenvalue weighted by Crippen LogP contribution is 2.53.